The Morgan fingerprint density at radius 3 is 0.857 bits per heavy atom. The largest absolute Gasteiger partial charge is 0.631 e. The molecule has 174 valence electrons. The lowest BCUT2D eigenvalue weighted by Gasteiger charge is -2.02. The average Bonchev–Trinajstić information content (AvgIpc) is 2.55. The first-order valence-electron chi connectivity index (χ1n) is 7.95. The van der Waals surface area contributed by atoms with Crippen LogP contribution in [0.3, 0.4) is 0 Å². The Bertz CT molecular complexity index is 220. The van der Waals surface area contributed by atoms with Crippen molar-refractivity contribution in [1.29, 1.82) is 0 Å². The van der Waals surface area contributed by atoms with Crippen molar-refractivity contribution in [1.82, 2.24) is 0 Å². The van der Waals surface area contributed by atoms with Crippen molar-refractivity contribution in [3.05, 3.63) is 0 Å². The molecule has 28 heavy (non-hydrogen) atoms. The quantitative estimate of drug-likeness (QED) is 0.0785. The molecule has 0 amide bonds. The third-order valence-corrected chi connectivity index (χ3v) is 1.57. The molecule has 0 aliphatic rings. The second-order valence-corrected chi connectivity index (χ2v) is 4.44. The highest BCUT2D eigenvalue weighted by Gasteiger charge is 1.93. The van der Waals surface area contributed by atoms with Gasteiger partial charge in [-0.2, -0.15) is 0 Å². The average molecular weight is 425 g/mol. The third-order valence-electron chi connectivity index (χ3n) is 1.57. The monoisotopic (exact) mass is 425 g/mol. The summed E-state index contributed by atoms with van der Waals surface area (Å²) in [5, 5.41) is 70.9. The van der Waals surface area contributed by atoms with Gasteiger partial charge in [-0.15, -0.1) is 0 Å². The standard InChI is InChI=1S/3C4H11NO3.BH3O3/c3*5-4(7)3-8-2-1-6;2-1(3)4/h3*4,6-7H,1-3,5H2;2-4H. The second kappa shape index (κ2) is 31.2. The van der Waals surface area contributed by atoms with Crippen LogP contribution in [0.2, 0.25) is 0 Å². The van der Waals surface area contributed by atoms with Crippen molar-refractivity contribution < 1.29 is 59.9 Å². The van der Waals surface area contributed by atoms with Gasteiger partial charge in [-0.3, -0.25) is 0 Å². The van der Waals surface area contributed by atoms with E-state index in [1.54, 1.807) is 0 Å². The first kappa shape index (κ1) is 34.9. The van der Waals surface area contributed by atoms with E-state index in [9.17, 15) is 0 Å². The molecule has 0 aliphatic heterocycles. The fourth-order valence-corrected chi connectivity index (χ4v) is 0.806. The van der Waals surface area contributed by atoms with Crippen LogP contribution in [0.15, 0.2) is 0 Å². The number of ether oxygens (including phenoxy) is 3. The van der Waals surface area contributed by atoms with Crippen LogP contribution in [0.25, 0.3) is 0 Å². The summed E-state index contributed by atoms with van der Waals surface area (Å²) in [5.41, 5.74) is 14.6. The van der Waals surface area contributed by atoms with E-state index < -0.39 is 26.0 Å². The molecule has 0 aromatic carbocycles. The summed E-state index contributed by atoms with van der Waals surface area (Å²) in [5.74, 6) is 0. The van der Waals surface area contributed by atoms with E-state index in [1.807, 2.05) is 0 Å². The van der Waals surface area contributed by atoms with Crippen molar-refractivity contribution in [2.24, 2.45) is 17.2 Å². The van der Waals surface area contributed by atoms with Gasteiger partial charge in [0.05, 0.1) is 59.5 Å². The van der Waals surface area contributed by atoms with Crippen molar-refractivity contribution in [3.8, 4) is 0 Å². The smallest absolute Gasteiger partial charge is 0.402 e. The molecule has 0 bridgehead atoms. The van der Waals surface area contributed by atoms with Gasteiger partial charge in [0.15, 0.2) is 0 Å². The molecule has 0 spiro atoms. The maximum absolute atomic E-state index is 8.35. The molecule has 16 heteroatoms. The number of aliphatic hydroxyl groups excluding tert-OH is 6. The van der Waals surface area contributed by atoms with Crippen LogP contribution in [0, 0.1) is 0 Å². The first-order valence-corrected chi connectivity index (χ1v) is 7.95. The Labute approximate surface area is 163 Å². The van der Waals surface area contributed by atoms with Crippen molar-refractivity contribution in [3.63, 3.8) is 0 Å². The Balaban J connectivity index is -0.000000141. The fraction of sp³-hybridized carbons (Fsp3) is 1.00. The van der Waals surface area contributed by atoms with Gasteiger partial charge in [0.2, 0.25) is 0 Å². The van der Waals surface area contributed by atoms with Gasteiger partial charge < -0.3 is 77.1 Å². The van der Waals surface area contributed by atoms with Crippen LogP contribution in [-0.2, 0) is 14.2 Å². The highest BCUT2D eigenvalue weighted by molar-refractivity contribution is 6.30. The van der Waals surface area contributed by atoms with Crippen LogP contribution in [0.1, 0.15) is 0 Å². The summed E-state index contributed by atoms with van der Waals surface area (Å²) >= 11 is 0. The number of hydrogen-bond acceptors (Lipinski definition) is 15. The number of nitrogens with two attached hydrogens (primary N) is 3. The molecule has 0 rings (SSSR count). The molecule has 0 saturated heterocycles. The number of rotatable bonds is 12. The molecule has 3 unspecified atom stereocenters. The molecule has 15 nitrogen and oxygen atoms in total. The van der Waals surface area contributed by atoms with E-state index in [0.29, 0.717) is 0 Å². The van der Waals surface area contributed by atoms with E-state index in [1.165, 1.54) is 0 Å². The van der Waals surface area contributed by atoms with E-state index in [2.05, 4.69) is 14.2 Å². The van der Waals surface area contributed by atoms with E-state index in [4.69, 9.17) is 62.9 Å². The second-order valence-electron chi connectivity index (χ2n) is 4.44. The van der Waals surface area contributed by atoms with Gasteiger partial charge in [0.1, 0.15) is 18.7 Å². The summed E-state index contributed by atoms with van der Waals surface area (Å²) in [4.78, 5) is 0. The molecule has 0 radical (unpaired) electrons. The van der Waals surface area contributed by atoms with Crippen LogP contribution >= 0.6 is 0 Å². The molecule has 0 heterocycles. The van der Waals surface area contributed by atoms with E-state index >= 15 is 0 Å². The number of hydrogen-bond donors (Lipinski definition) is 12. The molecule has 0 saturated carbocycles. The Hall–Kier alpha value is -0.535. The van der Waals surface area contributed by atoms with Gasteiger partial charge in [-0.1, -0.05) is 0 Å². The predicted octanol–water partition coefficient (Wildman–Crippen LogP) is -7.23. The maximum atomic E-state index is 8.35. The summed E-state index contributed by atoms with van der Waals surface area (Å²) in [6.07, 6.45) is -2.79. The third kappa shape index (κ3) is 72.8. The number of aliphatic hydroxyl groups is 6. The maximum Gasteiger partial charge on any atom is 0.631 e. The van der Waals surface area contributed by atoms with Gasteiger partial charge in [-0.25, -0.2) is 0 Å². The molecule has 0 aliphatic carbocycles. The Kier molecular flexibility index (Phi) is 38.9. The molecule has 3 atom stereocenters. The zero-order valence-corrected chi connectivity index (χ0v) is 15.7. The Morgan fingerprint density at radius 2 is 0.750 bits per heavy atom. The van der Waals surface area contributed by atoms with Crippen molar-refractivity contribution in [2.45, 2.75) is 18.7 Å². The minimum atomic E-state index is -2.17. The first-order chi connectivity index (χ1) is 13.0. The minimum absolute atomic E-state index is 0.0350. The van der Waals surface area contributed by atoms with Gasteiger partial charge in [0, 0.05) is 0 Å². The Morgan fingerprint density at radius 1 is 0.571 bits per heavy atom. The lowest BCUT2D eigenvalue weighted by Crippen LogP contribution is -2.25. The normalized spacial score (nSPS) is 12.9. The summed E-state index contributed by atoms with van der Waals surface area (Å²) in [7, 11) is -2.17. The van der Waals surface area contributed by atoms with Crippen LogP contribution < -0.4 is 17.2 Å². The molecule has 0 aromatic rings. The minimum Gasteiger partial charge on any atom is -0.402 e. The molecule has 0 fully saturated rings. The van der Waals surface area contributed by atoms with Gasteiger partial charge in [0.25, 0.3) is 0 Å². The fourth-order valence-electron chi connectivity index (χ4n) is 0.806. The summed E-state index contributed by atoms with van der Waals surface area (Å²) in [6, 6.07) is 0. The molecule has 0 aromatic heterocycles. The lowest BCUT2D eigenvalue weighted by atomic mass is 10.3. The van der Waals surface area contributed by atoms with Crippen molar-refractivity contribution >= 4 is 7.32 Å². The van der Waals surface area contributed by atoms with Crippen LogP contribution in [0.4, 0.5) is 0 Å². The van der Waals surface area contributed by atoms with E-state index in [0.717, 1.165) is 0 Å². The topological polar surface area (TPSA) is 288 Å². The van der Waals surface area contributed by atoms with Gasteiger partial charge >= 0.3 is 7.32 Å². The predicted molar refractivity (Wildman–Crippen MR) is 96.7 cm³/mol. The van der Waals surface area contributed by atoms with Crippen molar-refractivity contribution in [2.75, 3.05) is 59.5 Å². The van der Waals surface area contributed by atoms with Crippen LogP contribution in [-0.4, -0.2) is 131 Å². The summed E-state index contributed by atoms with van der Waals surface area (Å²) in [6.45, 7) is 0.838. The highest BCUT2D eigenvalue weighted by atomic mass is 16.5. The van der Waals surface area contributed by atoms with Crippen LogP contribution in [0.5, 0.6) is 0 Å². The highest BCUT2D eigenvalue weighted by Crippen LogP contribution is 1.75. The van der Waals surface area contributed by atoms with Gasteiger partial charge in [-0.05, 0) is 0 Å². The van der Waals surface area contributed by atoms with E-state index in [-0.39, 0.29) is 59.5 Å². The lowest BCUT2D eigenvalue weighted by molar-refractivity contribution is 0.0242. The molecule has 15 N–H and O–H groups in total. The summed E-state index contributed by atoms with van der Waals surface area (Å²) < 4.78 is 13.9. The molecular formula is C12H36BN3O12. The zero-order chi connectivity index (χ0) is 22.8. The molecular weight excluding hydrogens is 389 g/mol. The zero-order valence-electron chi connectivity index (χ0n) is 15.7. The SMILES string of the molecule is NC(O)COCCO.NC(O)COCCO.NC(O)COCCO.OB(O)O.